The van der Waals surface area contributed by atoms with Crippen molar-refractivity contribution < 1.29 is 23.9 Å². The molecular weight excluding hydrogens is 245 g/mol. The van der Waals surface area contributed by atoms with Crippen molar-refractivity contribution in [2.75, 3.05) is 0 Å². The highest BCUT2D eigenvalue weighted by Gasteiger charge is 2.23. The summed E-state index contributed by atoms with van der Waals surface area (Å²) in [4.78, 5) is 36.4. The Kier molecular flexibility index (Phi) is 4.30. The van der Waals surface area contributed by atoms with Gasteiger partial charge >= 0.3 is 5.97 Å². The molecule has 1 rings (SSSR count). The summed E-state index contributed by atoms with van der Waals surface area (Å²) in [5.74, 6) is -3.72. The number of hydrogen-bond donors (Lipinski definition) is 3. The zero-order chi connectivity index (χ0) is 13.7. The summed E-state index contributed by atoms with van der Waals surface area (Å²) in [5.41, 5.74) is 4.69. The molecule has 0 bridgehead atoms. The molecule has 4 N–H and O–H groups in total. The number of amides is 2. The maximum Gasteiger partial charge on any atom is 0.326 e. The Morgan fingerprint density at radius 2 is 2.11 bits per heavy atom. The number of aliphatic carboxylic acids is 1. The Morgan fingerprint density at radius 3 is 2.56 bits per heavy atom. The molecule has 0 spiro atoms. The van der Waals surface area contributed by atoms with Gasteiger partial charge in [-0.15, -0.1) is 0 Å². The maximum atomic E-state index is 12.6. The quantitative estimate of drug-likeness (QED) is 0.640. The number of hydrogen-bond acceptors (Lipinski definition) is 4. The summed E-state index contributed by atoms with van der Waals surface area (Å²) in [7, 11) is 0. The van der Waals surface area contributed by atoms with Crippen molar-refractivity contribution in [3.05, 3.63) is 29.8 Å². The van der Waals surface area contributed by atoms with E-state index in [1.165, 1.54) is 0 Å². The second kappa shape index (κ2) is 5.71. The van der Waals surface area contributed by atoms with Crippen LogP contribution in [-0.4, -0.2) is 33.9 Å². The Balaban J connectivity index is 2.75. The predicted octanol–water partition coefficient (Wildman–Crippen LogP) is -0.721. The van der Waals surface area contributed by atoms with Gasteiger partial charge in [0.1, 0.15) is 17.6 Å². The summed E-state index contributed by atoms with van der Waals surface area (Å²) >= 11 is 0. The minimum atomic E-state index is -1.44. The molecule has 0 aliphatic rings. The second-order valence-electron chi connectivity index (χ2n) is 3.40. The fourth-order valence-electron chi connectivity index (χ4n) is 1.14. The monoisotopic (exact) mass is 255 g/mol. The molecule has 0 fully saturated rings. The number of halogens is 1. The normalized spacial score (nSPS) is 11.6. The number of nitrogens with zero attached hydrogens (tertiary/aromatic N) is 1. The van der Waals surface area contributed by atoms with Crippen LogP contribution < -0.4 is 11.1 Å². The third-order valence-electron chi connectivity index (χ3n) is 1.97. The topological polar surface area (TPSA) is 122 Å². The van der Waals surface area contributed by atoms with E-state index in [1.807, 2.05) is 0 Å². The van der Waals surface area contributed by atoms with Crippen molar-refractivity contribution in [3.8, 4) is 0 Å². The maximum absolute atomic E-state index is 12.6. The third-order valence-corrected chi connectivity index (χ3v) is 1.97. The number of pyridine rings is 1. The molecule has 0 aromatic carbocycles. The Hall–Kier alpha value is -2.51. The van der Waals surface area contributed by atoms with Crippen molar-refractivity contribution in [1.82, 2.24) is 10.3 Å². The fraction of sp³-hybridized carbons (Fsp3) is 0.200. The van der Waals surface area contributed by atoms with Crippen LogP contribution in [-0.2, 0) is 9.59 Å². The average molecular weight is 255 g/mol. The van der Waals surface area contributed by atoms with E-state index in [2.05, 4.69) is 10.3 Å². The van der Waals surface area contributed by atoms with Gasteiger partial charge in [-0.05, 0) is 12.1 Å². The lowest BCUT2D eigenvalue weighted by Gasteiger charge is -2.12. The van der Waals surface area contributed by atoms with E-state index >= 15 is 0 Å². The Morgan fingerprint density at radius 1 is 1.44 bits per heavy atom. The van der Waals surface area contributed by atoms with Gasteiger partial charge in [0.2, 0.25) is 5.91 Å². The van der Waals surface area contributed by atoms with Crippen molar-refractivity contribution in [2.45, 2.75) is 12.5 Å². The lowest BCUT2D eigenvalue weighted by atomic mass is 10.2. The number of nitrogens with one attached hydrogen (secondary N) is 1. The summed E-state index contributed by atoms with van der Waals surface area (Å²) in [6.07, 6.45) is 0.279. The van der Waals surface area contributed by atoms with E-state index in [0.717, 1.165) is 18.3 Å². The number of carbonyl (C=O) groups excluding carboxylic acids is 2. The van der Waals surface area contributed by atoms with Gasteiger partial charge < -0.3 is 16.2 Å². The van der Waals surface area contributed by atoms with Crippen LogP contribution in [0.5, 0.6) is 0 Å². The molecule has 0 saturated heterocycles. The van der Waals surface area contributed by atoms with Crippen molar-refractivity contribution in [3.63, 3.8) is 0 Å². The van der Waals surface area contributed by atoms with Crippen LogP contribution in [0.1, 0.15) is 16.9 Å². The molecule has 1 aromatic heterocycles. The zero-order valence-electron chi connectivity index (χ0n) is 9.09. The first-order chi connectivity index (χ1) is 8.40. The largest absolute Gasteiger partial charge is 0.480 e. The van der Waals surface area contributed by atoms with Crippen LogP contribution >= 0.6 is 0 Å². The standard InChI is InChI=1S/C10H10FN3O4/c11-5-1-2-6(13-4-5)9(16)14-7(10(17)18)3-8(12)15/h1-2,4,7H,3H2,(H2,12,15)(H,14,16)(H,17,18). The lowest BCUT2D eigenvalue weighted by Crippen LogP contribution is -2.43. The number of carboxylic acid groups (broad SMARTS) is 1. The van der Waals surface area contributed by atoms with E-state index in [1.54, 1.807) is 0 Å². The molecule has 0 aliphatic heterocycles. The summed E-state index contributed by atoms with van der Waals surface area (Å²) in [6, 6.07) is 0.654. The molecule has 8 heteroatoms. The van der Waals surface area contributed by atoms with Crippen LogP contribution in [0.3, 0.4) is 0 Å². The zero-order valence-corrected chi connectivity index (χ0v) is 9.09. The van der Waals surface area contributed by atoms with Gasteiger partial charge in [0, 0.05) is 0 Å². The van der Waals surface area contributed by atoms with Gasteiger partial charge in [0.25, 0.3) is 5.91 Å². The van der Waals surface area contributed by atoms with Crippen molar-refractivity contribution >= 4 is 17.8 Å². The first kappa shape index (κ1) is 13.6. The van der Waals surface area contributed by atoms with Gasteiger partial charge in [-0.2, -0.15) is 0 Å². The molecule has 1 unspecified atom stereocenters. The van der Waals surface area contributed by atoms with E-state index in [0.29, 0.717) is 0 Å². The SMILES string of the molecule is NC(=O)CC(NC(=O)c1ccc(F)cn1)C(=O)O. The fourth-order valence-corrected chi connectivity index (χ4v) is 1.14. The number of carbonyl (C=O) groups is 3. The van der Waals surface area contributed by atoms with E-state index in [4.69, 9.17) is 10.8 Å². The van der Waals surface area contributed by atoms with E-state index in [9.17, 15) is 18.8 Å². The second-order valence-corrected chi connectivity index (χ2v) is 3.40. The molecule has 7 nitrogen and oxygen atoms in total. The van der Waals surface area contributed by atoms with Crippen LogP contribution in [0, 0.1) is 5.82 Å². The number of rotatable bonds is 5. The summed E-state index contributed by atoms with van der Waals surface area (Å²) < 4.78 is 12.6. The number of primary amides is 1. The van der Waals surface area contributed by atoms with Crippen LogP contribution in [0.4, 0.5) is 4.39 Å². The third kappa shape index (κ3) is 3.81. The minimum absolute atomic E-state index is 0.160. The van der Waals surface area contributed by atoms with Crippen LogP contribution in [0.15, 0.2) is 18.3 Å². The first-order valence-corrected chi connectivity index (χ1v) is 4.83. The van der Waals surface area contributed by atoms with Gasteiger partial charge in [0.15, 0.2) is 0 Å². The first-order valence-electron chi connectivity index (χ1n) is 4.83. The molecule has 2 amide bonds. The van der Waals surface area contributed by atoms with Crippen LogP contribution in [0.2, 0.25) is 0 Å². The Bertz CT molecular complexity index is 475. The Labute approximate surface area is 101 Å². The number of carboxylic acids is 1. The molecule has 1 aromatic rings. The summed E-state index contributed by atoms with van der Waals surface area (Å²) in [5, 5.41) is 10.8. The van der Waals surface area contributed by atoms with Gasteiger partial charge in [0.05, 0.1) is 12.6 Å². The molecular formula is C10H10FN3O4. The highest BCUT2D eigenvalue weighted by molar-refractivity contribution is 5.96. The van der Waals surface area contributed by atoms with E-state index in [-0.39, 0.29) is 5.69 Å². The average Bonchev–Trinajstić information content (AvgIpc) is 2.28. The van der Waals surface area contributed by atoms with E-state index < -0.39 is 36.1 Å². The molecule has 18 heavy (non-hydrogen) atoms. The van der Waals surface area contributed by atoms with Gasteiger partial charge in [-0.25, -0.2) is 14.2 Å². The van der Waals surface area contributed by atoms with Crippen LogP contribution in [0.25, 0.3) is 0 Å². The number of nitrogens with two attached hydrogens (primary N) is 1. The summed E-state index contributed by atoms with van der Waals surface area (Å²) in [6.45, 7) is 0. The molecule has 0 aliphatic carbocycles. The van der Waals surface area contributed by atoms with Gasteiger partial charge in [-0.1, -0.05) is 0 Å². The molecule has 0 saturated carbocycles. The predicted molar refractivity (Wildman–Crippen MR) is 56.9 cm³/mol. The molecule has 0 radical (unpaired) electrons. The highest BCUT2D eigenvalue weighted by atomic mass is 19.1. The molecule has 96 valence electrons. The van der Waals surface area contributed by atoms with Crippen molar-refractivity contribution in [2.24, 2.45) is 5.73 Å². The minimum Gasteiger partial charge on any atom is -0.480 e. The molecule has 1 atom stereocenters. The molecule has 1 heterocycles. The number of aromatic nitrogens is 1. The smallest absolute Gasteiger partial charge is 0.326 e. The highest BCUT2D eigenvalue weighted by Crippen LogP contribution is 2.00. The lowest BCUT2D eigenvalue weighted by molar-refractivity contribution is -0.140. The van der Waals surface area contributed by atoms with Gasteiger partial charge in [-0.3, -0.25) is 9.59 Å². The van der Waals surface area contributed by atoms with Crippen molar-refractivity contribution in [1.29, 1.82) is 0 Å².